The molecule has 5 nitrogen and oxygen atoms in total. The van der Waals surface area contributed by atoms with Crippen LogP contribution in [0.2, 0.25) is 0 Å². The standard InChI is InChI=1S/C11H6N4O/c12-6-7-1-2-8-9(5-7)15-4-3-10(16)14-11(15)13-8/h1-5H,(H,13,14,16). The highest BCUT2D eigenvalue weighted by molar-refractivity contribution is 5.80. The second-order valence-electron chi connectivity index (χ2n) is 3.43. The normalized spacial score (nSPS) is 10.7. The van der Waals surface area contributed by atoms with E-state index in [4.69, 9.17) is 5.26 Å². The zero-order valence-corrected chi connectivity index (χ0v) is 8.14. The lowest BCUT2D eigenvalue weighted by Crippen LogP contribution is -2.05. The number of aromatic amines is 1. The number of fused-ring (bicyclic) bond motifs is 3. The van der Waals surface area contributed by atoms with Gasteiger partial charge in [-0.2, -0.15) is 5.26 Å². The fourth-order valence-corrected chi connectivity index (χ4v) is 1.70. The summed E-state index contributed by atoms with van der Waals surface area (Å²) < 4.78 is 1.75. The molecule has 0 spiro atoms. The fourth-order valence-electron chi connectivity index (χ4n) is 1.70. The molecule has 0 saturated carbocycles. The Hall–Kier alpha value is -2.61. The molecule has 16 heavy (non-hydrogen) atoms. The van der Waals surface area contributed by atoms with E-state index in [1.807, 2.05) is 0 Å². The van der Waals surface area contributed by atoms with Gasteiger partial charge in [0, 0.05) is 12.3 Å². The molecule has 76 valence electrons. The van der Waals surface area contributed by atoms with Crippen molar-refractivity contribution in [2.75, 3.05) is 0 Å². The van der Waals surface area contributed by atoms with E-state index in [0.717, 1.165) is 11.0 Å². The highest BCUT2D eigenvalue weighted by Gasteiger charge is 2.05. The summed E-state index contributed by atoms with van der Waals surface area (Å²) in [5.41, 5.74) is 1.94. The molecule has 0 aliphatic heterocycles. The van der Waals surface area contributed by atoms with Crippen LogP contribution in [-0.4, -0.2) is 14.4 Å². The average molecular weight is 210 g/mol. The Kier molecular flexibility index (Phi) is 1.59. The molecule has 5 heteroatoms. The van der Waals surface area contributed by atoms with Gasteiger partial charge < -0.3 is 0 Å². The van der Waals surface area contributed by atoms with E-state index in [0.29, 0.717) is 11.3 Å². The maximum Gasteiger partial charge on any atom is 0.252 e. The van der Waals surface area contributed by atoms with Crippen LogP contribution in [0.15, 0.2) is 35.3 Å². The number of hydrogen-bond donors (Lipinski definition) is 1. The summed E-state index contributed by atoms with van der Waals surface area (Å²) in [6, 6.07) is 8.70. The van der Waals surface area contributed by atoms with Crippen molar-refractivity contribution in [1.29, 1.82) is 5.26 Å². The second kappa shape index (κ2) is 2.94. The van der Waals surface area contributed by atoms with E-state index in [-0.39, 0.29) is 5.56 Å². The number of aromatic nitrogens is 3. The van der Waals surface area contributed by atoms with Gasteiger partial charge in [-0.15, -0.1) is 0 Å². The Morgan fingerprint density at radius 3 is 3.06 bits per heavy atom. The molecule has 1 N–H and O–H groups in total. The molecule has 0 saturated heterocycles. The van der Waals surface area contributed by atoms with Crippen LogP contribution in [-0.2, 0) is 0 Å². The van der Waals surface area contributed by atoms with Crippen LogP contribution < -0.4 is 5.56 Å². The lowest BCUT2D eigenvalue weighted by molar-refractivity contribution is 1.10. The van der Waals surface area contributed by atoms with E-state index in [1.54, 1.807) is 28.8 Å². The van der Waals surface area contributed by atoms with E-state index in [2.05, 4.69) is 16.0 Å². The third-order valence-corrected chi connectivity index (χ3v) is 2.43. The molecule has 2 aromatic heterocycles. The molecule has 2 heterocycles. The maximum atomic E-state index is 11.1. The monoisotopic (exact) mass is 210 g/mol. The largest absolute Gasteiger partial charge is 0.292 e. The Morgan fingerprint density at radius 2 is 2.25 bits per heavy atom. The van der Waals surface area contributed by atoms with Crippen molar-refractivity contribution in [3.63, 3.8) is 0 Å². The van der Waals surface area contributed by atoms with Crippen LogP contribution in [0.3, 0.4) is 0 Å². The van der Waals surface area contributed by atoms with Gasteiger partial charge in [0.05, 0.1) is 22.7 Å². The van der Waals surface area contributed by atoms with Crippen molar-refractivity contribution in [2.45, 2.75) is 0 Å². The van der Waals surface area contributed by atoms with Crippen LogP contribution in [0.1, 0.15) is 5.56 Å². The van der Waals surface area contributed by atoms with Crippen LogP contribution >= 0.6 is 0 Å². The van der Waals surface area contributed by atoms with Gasteiger partial charge in [-0.1, -0.05) is 0 Å². The van der Waals surface area contributed by atoms with Gasteiger partial charge in [0.1, 0.15) is 0 Å². The molecular weight excluding hydrogens is 204 g/mol. The van der Waals surface area contributed by atoms with Gasteiger partial charge in [0.2, 0.25) is 5.78 Å². The van der Waals surface area contributed by atoms with Crippen LogP contribution in [0.4, 0.5) is 0 Å². The highest BCUT2D eigenvalue weighted by Crippen LogP contribution is 2.15. The number of imidazole rings is 1. The Balaban J connectivity index is 2.53. The molecule has 0 fully saturated rings. The fraction of sp³-hybridized carbons (Fsp3) is 0. The van der Waals surface area contributed by atoms with E-state index in [1.165, 1.54) is 6.07 Å². The Labute approximate surface area is 89.6 Å². The summed E-state index contributed by atoms with van der Waals surface area (Å²) in [7, 11) is 0. The lowest BCUT2D eigenvalue weighted by atomic mass is 10.2. The summed E-state index contributed by atoms with van der Waals surface area (Å²) >= 11 is 0. The van der Waals surface area contributed by atoms with Gasteiger partial charge in [0.25, 0.3) is 5.56 Å². The molecule has 0 bridgehead atoms. The number of nitrogens with one attached hydrogen (secondary N) is 1. The molecule has 0 unspecified atom stereocenters. The predicted octanol–water partition coefficient (Wildman–Crippen LogP) is 1.05. The minimum atomic E-state index is -0.191. The topological polar surface area (TPSA) is 73.9 Å². The minimum Gasteiger partial charge on any atom is -0.292 e. The molecule has 1 aromatic carbocycles. The van der Waals surface area contributed by atoms with Crippen LogP contribution in [0.5, 0.6) is 0 Å². The van der Waals surface area contributed by atoms with Crippen molar-refractivity contribution >= 4 is 16.8 Å². The summed E-state index contributed by atoms with van der Waals surface area (Å²) in [5.74, 6) is 0.484. The number of nitrogens with zero attached hydrogens (tertiary/aromatic N) is 3. The molecule has 0 amide bonds. The Morgan fingerprint density at radius 1 is 1.38 bits per heavy atom. The summed E-state index contributed by atoms with van der Waals surface area (Å²) in [6.07, 6.45) is 1.64. The van der Waals surface area contributed by atoms with Crippen LogP contribution in [0, 0.1) is 11.3 Å². The third kappa shape index (κ3) is 1.10. The molecule has 0 aliphatic rings. The molecule has 3 aromatic rings. The quantitative estimate of drug-likeness (QED) is 0.602. The summed E-state index contributed by atoms with van der Waals surface area (Å²) in [6.45, 7) is 0. The van der Waals surface area contributed by atoms with Crippen molar-refractivity contribution in [3.05, 3.63) is 46.4 Å². The first-order chi connectivity index (χ1) is 7.78. The number of rotatable bonds is 0. The van der Waals surface area contributed by atoms with Crippen molar-refractivity contribution in [3.8, 4) is 6.07 Å². The zero-order valence-electron chi connectivity index (χ0n) is 8.14. The first kappa shape index (κ1) is 8.68. The molecular formula is C11H6N4O. The SMILES string of the molecule is N#Cc1ccc2nc3[nH]c(=O)ccn3c2c1. The summed E-state index contributed by atoms with van der Waals surface area (Å²) in [5, 5.41) is 8.81. The van der Waals surface area contributed by atoms with Crippen molar-refractivity contribution in [1.82, 2.24) is 14.4 Å². The number of H-pyrrole nitrogens is 1. The predicted molar refractivity (Wildman–Crippen MR) is 58.0 cm³/mol. The van der Waals surface area contributed by atoms with Gasteiger partial charge in [-0.3, -0.25) is 14.2 Å². The number of hydrogen-bond acceptors (Lipinski definition) is 3. The van der Waals surface area contributed by atoms with E-state index >= 15 is 0 Å². The average Bonchev–Trinajstić information content (AvgIpc) is 2.65. The Bertz CT molecular complexity index is 791. The van der Waals surface area contributed by atoms with E-state index < -0.39 is 0 Å². The highest BCUT2D eigenvalue weighted by atomic mass is 16.1. The van der Waals surface area contributed by atoms with Crippen molar-refractivity contribution in [2.24, 2.45) is 0 Å². The maximum absolute atomic E-state index is 11.1. The first-order valence-electron chi connectivity index (χ1n) is 4.69. The van der Waals surface area contributed by atoms with Crippen molar-refractivity contribution < 1.29 is 0 Å². The smallest absolute Gasteiger partial charge is 0.252 e. The molecule has 0 radical (unpaired) electrons. The second-order valence-corrected chi connectivity index (χ2v) is 3.43. The molecule has 0 aliphatic carbocycles. The van der Waals surface area contributed by atoms with Gasteiger partial charge >= 0.3 is 0 Å². The number of nitriles is 1. The first-order valence-corrected chi connectivity index (χ1v) is 4.69. The summed E-state index contributed by atoms with van der Waals surface area (Å²) in [4.78, 5) is 18.0. The number of benzene rings is 1. The van der Waals surface area contributed by atoms with Crippen LogP contribution in [0.25, 0.3) is 16.8 Å². The van der Waals surface area contributed by atoms with E-state index in [9.17, 15) is 4.79 Å². The third-order valence-electron chi connectivity index (χ3n) is 2.43. The molecule has 3 rings (SSSR count). The lowest BCUT2D eigenvalue weighted by Gasteiger charge is -1.93. The molecule has 0 atom stereocenters. The van der Waals surface area contributed by atoms with Gasteiger partial charge in [-0.25, -0.2) is 4.98 Å². The van der Waals surface area contributed by atoms with Gasteiger partial charge in [-0.05, 0) is 18.2 Å². The van der Waals surface area contributed by atoms with Gasteiger partial charge in [0.15, 0.2) is 0 Å². The minimum absolute atomic E-state index is 0.191. The zero-order chi connectivity index (χ0) is 11.1.